The first kappa shape index (κ1) is 29.1. The molecule has 0 aromatic heterocycles. The Morgan fingerprint density at radius 1 is 1.19 bits per heavy atom. The van der Waals surface area contributed by atoms with E-state index >= 15 is 0 Å². The fraction of sp³-hybridized carbons (Fsp3) is 0.417. The Hall–Kier alpha value is -3.18. The Bertz CT molecular complexity index is 1220. The van der Waals surface area contributed by atoms with Gasteiger partial charge in [-0.3, -0.25) is 24.0 Å². The summed E-state index contributed by atoms with van der Waals surface area (Å²) in [7, 11) is -4.02. The molecule has 0 saturated heterocycles. The van der Waals surface area contributed by atoms with Crippen molar-refractivity contribution in [1.29, 1.82) is 0 Å². The van der Waals surface area contributed by atoms with Crippen molar-refractivity contribution < 1.29 is 22.9 Å². The number of hydrogen-bond acceptors (Lipinski definition) is 6. The summed E-state index contributed by atoms with van der Waals surface area (Å²) in [6.45, 7) is 4.88. The normalized spacial score (nSPS) is 12.0. The monoisotopic (exact) mass is 538 g/mol. The lowest BCUT2D eigenvalue weighted by molar-refractivity contribution is -0.384. The standard InChI is InChI=1S/C24H31ClN4O6S/c1-5-6-13-26-24(31)18(3)27(15-19-9-7-8-10-21(19)25)23(30)16-28(36(4,34)35)22-14-20(29(32)33)12-11-17(22)2/h7-12,14,18H,5-6,13,15-16H2,1-4H3,(H,26,31)/t18-/m1/s1. The van der Waals surface area contributed by atoms with E-state index in [1.165, 1.54) is 17.0 Å². The summed E-state index contributed by atoms with van der Waals surface area (Å²) in [6, 6.07) is 9.70. The predicted molar refractivity (Wildman–Crippen MR) is 139 cm³/mol. The van der Waals surface area contributed by atoms with Crippen LogP contribution in [0.5, 0.6) is 0 Å². The van der Waals surface area contributed by atoms with E-state index in [1.807, 2.05) is 6.92 Å². The molecule has 0 aliphatic carbocycles. The zero-order chi connectivity index (χ0) is 27.0. The third kappa shape index (κ3) is 7.66. The summed E-state index contributed by atoms with van der Waals surface area (Å²) < 4.78 is 26.2. The molecule has 0 heterocycles. The van der Waals surface area contributed by atoms with Crippen molar-refractivity contribution in [2.24, 2.45) is 0 Å². The van der Waals surface area contributed by atoms with Gasteiger partial charge in [0, 0.05) is 30.2 Å². The van der Waals surface area contributed by atoms with Gasteiger partial charge in [-0.2, -0.15) is 0 Å². The van der Waals surface area contributed by atoms with Crippen LogP contribution in [0.15, 0.2) is 42.5 Å². The molecule has 2 amide bonds. The van der Waals surface area contributed by atoms with Crippen LogP contribution in [0.3, 0.4) is 0 Å². The number of nitrogens with zero attached hydrogens (tertiary/aromatic N) is 3. The number of benzene rings is 2. The number of non-ortho nitro benzene ring substituents is 1. The van der Waals surface area contributed by atoms with Crippen molar-refractivity contribution in [3.8, 4) is 0 Å². The van der Waals surface area contributed by atoms with Crippen molar-refractivity contribution in [2.45, 2.75) is 46.2 Å². The van der Waals surface area contributed by atoms with Crippen LogP contribution < -0.4 is 9.62 Å². The molecule has 196 valence electrons. The van der Waals surface area contributed by atoms with Gasteiger partial charge in [-0.25, -0.2) is 8.42 Å². The highest BCUT2D eigenvalue weighted by Crippen LogP contribution is 2.28. The fourth-order valence-electron chi connectivity index (χ4n) is 3.50. The molecule has 0 spiro atoms. The Labute approximate surface area is 216 Å². The Morgan fingerprint density at radius 2 is 1.86 bits per heavy atom. The number of halogens is 1. The Kier molecular flexibility index (Phi) is 10.2. The summed E-state index contributed by atoms with van der Waals surface area (Å²) >= 11 is 6.29. The van der Waals surface area contributed by atoms with Gasteiger partial charge in [0.15, 0.2) is 0 Å². The summed E-state index contributed by atoms with van der Waals surface area (Å²) in [5.41, 5.74) is 0.714. The van der Waals surface area contributed by atoms with E-state index in [-0.39, 0.29) is 23.8 Å². The summed E-state index contributed by atoms with van der Waals surface area (Å²) in [4.78, 5) is 38.3. The highest BCUT2D eigenvalue weighted by Gasteiger charge is 2.31. The number of hydrogen-bond donors (Lipinski definition) is 1. The molecule has 0 saturated carbocycles. The van der Waals surface area contributed by atoms with Crippen LogP contribution in [-0.4, -0.2) is 55.4 Å². The number of amides is 2. The molecule has 0 unspecified atom stereocenters. The average Bonchev–Trinajstić information content (AvgIpc) is 2.81. The molecule has 36 heavy (non-hydrogen) atoms. The van der Waals surface area contributed by atoms with E-state index in [9.17, 15) is 28.1 Å². The molecule has 0 fully saturated rings. The number of unbranched alkanes of at least 4 members (excludes halogenated alkanes) is 1. The van der Waals surface area contributed by atoms with Gasteiger partial charge >= 0.3 is 0 Å². The Morgan fingerprint density at radius 3 is 2.44 bits per heavy atom. The van der Waals surface area contributed by atoms with Crippen LogP contribution in [0.4, 0.5) is 11.4 Å². The molecule has 1 N–H and O–H groups in total. The lowest BCUT2D eigenvalue weighted by Gasteiger charge is -2.32. The summed E-state index contributed by atoms with van der Waals surface area (Å²) in [5.74, 6) is -1.05. The average molecular weight is 539 g/mol. The number of anilines is 1. The molecule has 0 radical (unpaired) electrons. The van der Waals surface area contributed by atoms with Gasteiger partial charge in [0.05, 0.1) is 16.9 Å². The minimum atomic E-state index is -4.02. The number of nitro groups is 1. The molecule has 10 nitrogen and oxygen atoms in total. The number of carbonyl (C=O) groups excluding carboxylic acids is 2. The predicted octanol–water partition coefficient (Wildman–Crippen LogP) is 3.66. The second-order valence-corrected chi connectivity index (χ2v) is 10.7. The molecule has 0 aliphatic heterocycles. The third-order valence-corrected chi connectivity index (χ3v) is 7.14. The minimum absolute atomic E-state index is 0.0118. The maximum atomic E-state index is 13.6. The van der Waals surface area contributed by atoms with Gasteiger partial charge < -0.3 is 10.2 Å². The first-order valence-corrected chi connectivity index (χ1v) is 13.6. The van der Waals surface area contributed by atoms with Gasteiger partial charge in [-0.1, -0.05) is 49.2 Å². The lowest BCUT2D eigenvalue weighted by Crippen LogP contribution is -2.51. The molecule has 2 aromatic rings. The van der Waals surface area contributed by atoms with Crippen LogP contribution in [0, 0.1) is 17.0 Å². The molecular weight excluding hydrogens is 508 g/mol. The number of carbonyl (C=O) groups is 2. The fourth-order valence-corrected chi connectivity index (χ4v) is 4.60. The van der Waals surface area contributed by atoms with Crippen LogP contribution in [-0.2, 0) is 26.2 Å². The van der Waals surface area contributed by atoms with E-state index < -0.39 is 33.4 Å². The maximum Gasteiger partial charge on any atom is 0.271 e. The van der Waals surface area contributed by atoms with Crippen LogP contribution in [0.2, 0.25) is 5.02 Å². The van der Waals surface area contributed by atoms with Gasteiger partial charge in [0.1, 0.15) is 12.6 Å². The first-order valence-electron chi connectivity index (χ1n) is 11.4. The van der Waals surface area contributed by atoms with Crippen molar-refractivity contribution in [1.82, 2.24) is 10.2 Å². The van der Waals surface area contributed by atoms with Crippen LogP contribution >= 0.6 is 11.6 Å². The number of aryl methyl sites for hydroxylation is 1. The molecule has 2 aromatic carbocycles. The topological polar surface area (TPSA) is 130 Å². The Balaban J connectivity index is 2.46. The molecule has 0 aliphatic rings. The van der Waals surface area contributed by atoms with Gasteiger partial charge in [-0.05, 0) is 37.5 Å². The van der Waals surface area contributed by atoms with E-state index in [1.54, 1.807) is 38.1 Å². The number of nitrogens with one attached hydrogen (secondary N) is 1. The van der Waals surface area contributed by atoms with Crippen LogP contribution in [0.25, 0.3) is 0 Å². The molecule has 2 rings (SSSR count). The zero-order valence-electron chi connectivity index (χ0n) is 20.7. The quantitative estimate of drug-likeness (QED) is 0.249. The summed E-state index contributed by atoms with van der Waals surface area (Å²) in [5, 5.41) is 14.5. The number of sulfonamides is 1. The van der Waals surface area contributed by atoms with Crippen molar-refractivity contribution >= 4 is 44.8 Å². The van der Waals surface area contributed by atoms with E-state index in [2.05, 4.69) is 5.32 Å². The molecule has 12 heteroatoms. The largest absolute Gasteiger partial charge is 0.354 e. The number of rotatable bonds is 12. The molecular formula is C24H31ClN4O6S. The summed E-state index contributed by atoms with van der Waals surface area (Å²) in [6.07, 6.45) is 2.56. The van der Waals surface area contributed by atoms with Crippen LogP contribution in [0.1, 0.15) is 37.8 Å². The second kappa shape index (κ2) is 12.7. The maximum absolute atomic E-state index is 13.6. The number of nitro benzene ring substituents is 1. The van der Waals surface area contributed by atoms with E-state index in [0.717, 1.165) is 29.5 Å². The smallest absolute Gasteiger partial charge is 0.271 e. The SMILES string of the molecule is CCCCNC(=O)[C@@H](C)N(Cc1ccccc1Cl)C(=O)CN(c1cc([N+](=O)[O-])ccc1C)S(C)(=O)=O. The van der Waals surface area contributed by atoms with Gasteiger partial charge in [0.25, 0.3) is 5.69 Å². The first-order chi connectivity index (χ1) is 16.9. The third-order valence-electron chi connectivity index (χ3n) is 5.65. The lowest BCUT2D eigenvalue weighted by atomic mass is 10.1. The van der Waals surface area contributed by atoms with Crippen molar-refractivity contribution in [2.75, 3.05) is 23.7 Å². The van der Waals surface area contributed by atoms with Crippen molar-refractivity contribution in [3.05, 3.63) is 68.7 Å². The minimum Gasteiger partial charge on any atom is -0.354 e. The van der Waals surface area contributed by atoms with Gasteiger partial charge in [-0.15, -0.1) is 0 Å². The van der Waals surface area contributed by atoms with Gasteiger partial charge in [0.2, 0.25) is 21.8 Å². The van der Waals surface area contributed by atoms with E-state index in [0.29, 0.717) is 22.7 Å². The highest BCUT2D eigenvalue weighted by atomic mass is 35.5. The van der Waals surface area contributed by atoms with E-state index in [4.69, 9.17) is 11.6 Å². The zero-order valence-corrected chi connectivity index (χ0v) is 22.3. The second-order valence-electron chi connectivity index (χ2n) is 8.43. The van der Waals surface area contributed by atoms with Crippen molar-refractivity contribution in [3.63, 3.8) is 0 Å². The molecule has 0 bridgehead atoms. The molecule has 1 atom stereocenters. The highest BCUT2D eigenvalue weighted by molar-refractivity contribution is 7.92.